The van der Waals surface area contributed by atoms with Crippen LogP contribution in [-0.2, 0) is 6.42 Å². The number of aromatic nitrogens is 1. The van der Waals surface area contributed by atoms with E-state index in [-0.39, 0.29) is 0 Å². The zero-order chi connectivity index (χ0) is 16.7. The summed E-state index contributed by atoms with van der Waals surface area (Å²) in [4.78, 5) is 6.39. The number of piperidine rings is 1. The van der Waals surface area contributed by atoms with Gasteiger partial charge in [-0.1, -0.05) is 25.6 Å². The standard InChI is InChI=1S/C21H28N2S/c1-4-9-23-12-14(13-24-3)10-16-15-7-6-8-19-21(15)17(11-20(16)23)18(5-2)22-19/h5-8,14,16,20,22H,2,4,9-13H2,1,3H3/t14-,16?,20-/m1/s1. The molecular weight excluding hydrogens is 312 g/mol. The average Bonchev–Trinajstić information content (AvgIpc) is 2.96. The summed E-state index contributed by atoms with van der Waals surface area (Å²) in [6, 6.07) is 7.50. The second-order valence-corrected chi connectivity index (χ2v) is 8.33. The Hall–Kier alpha value is -1.19. The molecule has 1 aliphatic heterocycles. The van der Waals surface area contributed by atoms with E-state index in [1.54, 1.807) is 5.56 Å². The monoisotopic (exact) mass is 340 g/mol. The highest BCUT2D eigenvalue weighted by molar-refractivity contribution is 7.98. The fourth-order valence-electron chi connectivity index (χ4n) is 5.09. The highest BCUT2D eigenvalue weighted by atomic mass is 32.2. The third-order valence-corrected chi connectivity index (χ3v) is 6.74. The number of nitrogens with zero attached hydrogens (tertiary/aromatic N) is 1. The van der Waals surface area contributed by atoms with E-state index < -0.39 is 0 Å². The summed E-state index contributed by atoms with van der Waals surface area (Å²) in [7, 11) is 0. The minimum Gasteiger partial charge on any atom is -0.355 e. The van der Waals surface area contributed by atoms with Crippen LogP contribution in [-0.4, -0.2) is 41.0 Å². The van der Waals surface area contributed by atoms with Crippen molar-refractivity contribution in [3.05, 3.63) is 41.6 Å². The minimum absolute atomic E-state index is 0.663. The third kappa shape index (κ3) is 2.53. The Labute approximate surface area is 149 Å². The Kier molecular flexibility index (Phi) is 4.48. The summed E-state index contributed by atoms with van der Waals surface area (Å²) in [5.41, 5.74) is 5.61. The lowest BCUT2D eigenvalue weighted by atomic mass is 9.72. The number of benzene rings is 1. The molecule has 0 radical (unpaired) electrons. The van der Waals surface area contributed by atoms with Crippen LogP contribution in [0.15, 0.2) is 24.8 Å². The maximum atomic E-state index is 4.04. The van der Waals surface area contributed by atoms with Crippen LogP contribution in [0.1, 0.15) is 42.5 Å². The van der Waals surface area contributed by atoms with Crippen molar-refractivity contribution in [2.75, 3.05) is 25.1 Å². The van der Waals surface area contributed by atoms with E-state index in [9.17, 15) is 0 Å². The van der Waals surface area contributed by atoms with Gasteiger partial charge in [0.15, 0.2) is 0 Å². The SMILES string of the molecule is C=Cc1[nH]c2cccc3c2c1C[C@@H]1C3C[C@@H](CSC)CN1CCC. The molecule has 0 amide bonds. The van der Waals surface area contributed by atoms with Crippen molar-refractivity contribution in [3.63, 3.8) is 0 Å². The molecule has 0 spiro atoms. The zero-order valence-electron chi connectivity index (χ0n) is 14.8. The van der Waals surface area contributed by atoms with Crippen molar-refractivity contribution >= 4 is 28.7 Å². The molecule has 1 N–H and O–H groups in total. The lowest BCUT2D eigenvalue weighted by Crippen LogP contribution is -2.50. The molecule has 2 aliphatic rings. The van der Waals surface area contributed by atoms with Crippen molar-refractivity contribution in [2.45, 2.75) is 38.1 Å². The molecule has 24 heavy (non-hydrogen) atoms. The number of thioether (sulfide) groups is 1. The van der Waals surface area contributed by atoms with Gasteiger partial charge in [0.05, 0.1) is 0 Å². The molecule has 128 valence electrons. The van der Waals surface area contributed by atoms with Gasteiger partial charge in [-0.3, -0.25) is 4.90 Å². The van der Waals surface area contributed by atoms with Gasteiger partial charge in [0.2, 0.25) is 0 Å². The smallest absolute Gasteiger partial charge is 0.0464 e. The number of H-pyrrole nitrogens is 1. The molecule has 0 bridgehead atoms. The zero-order valence-corrected chi connectivity index (χ0v) is 15.7. The molecular formula is C21H28N2S. The number of nitrogens with one attached hydrogen (secondary N) is 1. The van der Waals surface area contributed by atoms with Crippen LogP contribution in [0.5, 0.6) is 0 Å². The van der Waals surface area contributed by atoms with E-state index >= 15 is 0 Å². The number of aromatic amines is 1. The lowest BCUT2D eigenvalue weighted by Gasteiger charge is -2.47. The molecule has 4 rings (SSSR count). The predicted molar refractivity (Wildman–Crippen MR) is 107 cm³/mol. The molecule has 1 aromatic carbocycles. The number of fused-ring (bicyclic) bond motifs is 2. The largest absolute Gasteiger partial charge is 0.355 e. The van der Waals surface area contributed by atoms with Gasteiger partial charge in [-0.05, 0) is 67.0 Å². The Morgan fingerprint density at radius 3 is 3.04 bits per heavy atom. The van der Waals surface area contributed by atoms with Gasteiger partial charge in [-0.15, -0.1) is 0 Å². The summed E-state index contributed by atoms with van der Waals surface area (Å²) in [6.45, 7) is 8.85. The number of hydrogen-bond donors (Lipinski definition) is 1. The van der Waals surface area contributed by atoms with E-state index in [1.807, 2.05) is 17.8 Å². The quantitative estimate of drug-likeness (QED) is 0.833. The third-order valence-electron chi connectivity index (χ3n) is 5.94. The average molecular weight is 341 g/mol. The molecule has 1 saturated heterocycles. The van der Waals surface area contributed by atoms with Crippen molar-refractivity contribution in [1.29, 1.82) is 0 Å². The second kappa shape index (κ2) is 6.61. The maximum Gasteiger partial charge on any atom is 0.0464 e. The molecule has 0 saturated carbocycles. The molecule has 1 unspecified atom stereocenters. The van der Waals surface area contributed by atoms with Gasteiger partial charge in [0, 0.05) is 35.1 Å². The molecule has 3 heteroatoms. The van der Waals surface area contributed by atoms with Crippen LogP contribution in [0.4, 0.5) is 0 Å². The van der Waals surface area contributed by atoms with Crippen LogP contribution in [0.25, 0.3) is 17.0 Å². The van der Waals surface area contributed by atoms with E-state index in [2.05, 4.69) is 47.8 Å². The molecule has 3 atom stereocenters. The van der Waals surface area contributed by atoms with Gasteiger partial charge < -0.3 is 4.98 Å². The van der Waals surface area contributed by atoms with Crippen LogP contribution < -0.4 is 0 Å². The first-order chi connectivity index (χ1) is 11.8. The van der Waals surface area contributed by atoms with Gasteiger partial charge >= 0.3 is 0 Å². The fourth-order valence-corrected chi connectivity index (χ4v) is 5.80. The highest BCUT2D eigenvalue weighted by Crippen LogP contribution is 2.46. The molecule has 1 fully saturated rings. The Bertz CT molecular complexity index is 748. The van der Waals surface area contributed by atoms with Crippen LogP contribution >= 0.6 is 11.8 Å². The van der Waals surface area contributed by atoms with E-state index in [1.165, 1.54) is 60.3 Å². The van der Waals surface area contributed by atoms with Gasteiger partial charge in [-0.25, -0.2) is 0 Å². The van der Waals surface area contributed by atoms with Crippen molar-refractivity contribution in [1.82, 2.24) is 9.88 Å². The Balaban J connectivity index is 1.81. The Morgan fingerprint density at radius 1 is 1.42 bits per heavy atom. The van der Waals surface area contributed by atoms with Gasteiger partial charge in [0.25, 0.3) is 0 Å². The summed E-state index contributed by atoms with van der Waals surface area (Å²) in [5.74, 6) is 2.80. The van der Waals surface area contributed by atoms with Crippen LogP contribution in [0.2, 0.25) is 0 Å². The summed E-state index contributed by atoms with van der Waals surface area (Å²) >= 11 is 2.01. The fraction of sp³-hybridized carbons (Fsp3) is 0.524. The Morgan fingerprint density at radius 2 is 2.29 bits per heavy atom. The van der Waals surface area contributed by atoms with Gasteiger partial charge in [0.1, 0.15) is 0 Å². The highest BCUT2D eigenvalue weighted by Gasteiger charge is 2.40. The second-order valence-electron chi connectivity index (χ2n) is 7.42. The van der Waals surface area contributed by atoms with E-state index in [0.717, 1.165) is 5.92 Å². The molecule has 2 heterocycles. The first-order valence-electron chi connectivity index (χ1n) is 9.25. The normalized spacial score (nSPS) is 26.5. The number of hydrogen-bond acceptors (Lipinski definition) is 2. The van der Waals surface area contributed by atoms with Crippen molar-refractivity contribution < 1.29 is 0 Å². The molecule has 2 aromatic rings. The topological polar surface area (TPSA) is 19.0 Å². The van der Waals surface area contributed by atoms with Crippen LogP contribution in [0, 0.1) is 5.92 Å². The van der Waals surface area contributed by atoms with Crippen molar-refractivity contribution in [2.24, 2.45) is 5.92 Å². The molecule has 1 aromatic heterocycles. The first kappa shape index (κ1) is 16.3. The number of rotatable bonds is 5. The summed E-state index contributed by atoms with van der Waals surface area (Å²) in [5, 5.41) is 1.50. The number of likely N-dealkylation sites (tertiary alicyclic amines) is 1. The molecule has 2 nitrogen and oxygen atoms in total. The summed E-state index contributed by atoms with van der Waals surface area (Å²) < 4.78 is 0. The lowest BCUT2D eigenvalue weighted by molar-refractivity contribution is 0.0926. The first-order valence-corrected chi connectivity index (χ1v) is 10.6. The van der Waals surface area contributed by atoms with E-state index in [4.69, 9.17) is 0 Å². The predicted octanol–water partition coefficient (Wildman–Crippen LogP) is 4.91. The van der Waals surface area contributed by atoms with Gasteiger partial charge in [-0.2, -0.15) is 11.8 Å². The van der Waals surface area contributed by atoms with Crippen molar-refractivity contribution in [3.8, 4) is 0 Å². The van der Waals surface area contributed by atoms with Crippen LogP contribution in [0.3, 0.4) is 0 Å². The molecule has 1 aliphatic carbocycles. The van der Waals surface area contributed by atoms with E-state index in [0.29, 0.717) is 12.0 Å². The summed E-state index contributed by atoms with van der Waals surface area (Å²) in [6.07, 6.45) is 8.02. The minimum atomic E-state index is 0.663. The maximum absolute atomic E-state index is 4.04.